The Morgan fingerprint density at radius 3 is 2.08 bits per heavy atom. The fraction of sp³-hybridized carbons (Fsp3) is 0.650. The van der Waals surface area contributed by atoms with Crippen molar-refractivity contribution in [3.8, 4) is 0 Å². The second-order valence-electron chi connectivity index (χ2n) is 7.31. The Bertz CT molecular complexity index is 684. The standard InChI is InChI=1S/C20H32N2O3S/c1-17-13-15-18(16-14-17)26(24,25)22(2)20-12-10-8-6-4-3-5-7-9-11-19(20)21-23/h13-16,20,23H,3-12H2,1-2H3/b21-19+. The average molecular weight is 381 g/mol. The summed E-state index contributed by atoms with van der Waals surface area (Å²) in [5, 5.41) is 13.1. The van der Waals surface area contributed by atoms with Crippen molar-refractivity contribution in [2.24, 2.45) is 5.16 Å². The van der Waals surface area contributed by atoms with E-state index in [4.69, 9.17) is 0 Å². The lowest BCUT2D eigenvalue weighted by atomic mass is 9.96. The van der Waals surface area contributed by atoms with E-state index in [0.717, 1.165) is 31.2 Å². The monoisotopic (exact) mass is 380 g/mol. The molecular weight excluding hydrogens is 348 g/mol. The van der Waals surface area contributed by atoms with E-state index in [1.54, 1.807) is 19.2 Å². The van der Waals surface area contributed by atoms with E-state index < -0.39 is 10.0 Å². The number of benzene rings is 1. The van der Waals surface area contributed by atoms with Gasteiger partial charge < -0.3 is 5.21 Å². The normalized spacial score (nSPS) is 22.7. The van der Waals surface area contributed by atoms with Crippen molar-refractivity contribution >= 4 is 15.7 Å². The van der Waals surface area contributed by atoms with Crippen molar-refractivity contribution in [2.45, 2.75) is 82.1 Å². The number of hydrogen-bond acceptors (Lipinski definition) is 4. The summed E-state index contributed by atoms with van der Waals surface area (Å²) in [6, 6.07) is 6.52. The Morgan fingerprint density at radius 2 is 1.50 bits per heavy atom. The van der Waals surface area contributed by atoms with Crippen LogP contribution in [0.25, 0.3) is 0 Å². The van der Waals surface area contributed by atoms with Gasteiger partial charge in [0.2, 0.25) is 10.0 Å². The van der Waals surface area contributed by atoms with Gasteiger partial charge in [0.05, 0.1) is 16.6 Å². The van der Waals surface area contributed by atoms with Crippen LogP contribution in [-0.2, 0) is 10.0 Å². The summed E-state index contributed by atoms with van der Waals surface area (Å²) >= 11 is 0. The first-order valence-corrected chi connectivity index (χ1v) is 11.2. The minimum absolute atomic E-state index is 0.286. The fourth-order valence-electron chi connectivity index (χ4n) is 3.59. The van der Waals surface area contributed by atoms with Crippen LogP contribution in [0.3, 0.4) is 0 Å². The van der Waals surface area contributed by atoms with Crippen molar-refractivity contribution in [2.75, 3.05) is 7.05 Å². The minimum atomic E-state index is -3.62. The molecule has 146 valence electrons. The second kappa shape index (κ2) is 10.1. The highest BCUT2D eigenvalue weighted by atomic mass is 32.2. The zero-order chi connectivity index (χ0) is 19.0. The van der Waals surface area contributed by atoms with E-state index in [1.807, 2.05) is 19.1 Å². The molecule has 1 unspecified atom stereocenters. The molecule has 0 aliphatic heterocycles. The Kier molecular flexibility index (Phi) is 8.10. The van der Waals surface area contributed by atoms with Crippen molar-refractivity contribution in [1.82, 2.24) is 4.31 Å². The smallest absolute Gasteiger partial charge is 0.243 e. The molecule has 26 heavy (non-hydrogen) atoms. The van der Waals surface area contributed by atoms with Crippen LogP contribution in [0, 0.1) is 6.92 Å². The van der Waals surface area contributed by atoms with Gasteiger partial charge in [0, 0.05) is 7.05 Å². The SMILES string of the molecule is Cc1ccc(S(=O)(=O)N(C)C2CCCCCCCCCC/C2=N\O)cc1. The molecule has 5 nitrogen and oxygen atoms in total. The highest BCUT2D eigenvalue weighted by Gasteiger charge is 2.31. The highest BCUT2D eigenvalue weighted by Crippen LogP contribution is 2.24. The van der Waals surface area contributed by atoms with E-state index in [2.05, 4.69) is 5.16 Å². The first-order chi connectivity index (χ1) is 12.5. The third-order valence-corrected chi connectivity index (χ3v) is 7.19. The third-order valence-electron chi connectivity index (χ3n) is 5.31. The summed E-state index contributed by atoms with van der Waals surface area (Å²) < 4.78 is 27.5. The molecule has 0 aromatic heterocycles. The number of oxime groups is 1. The van der Waals surface area contributed by atoms with Gasteiger partial charge in [-0.25, -0.2) is 8.42 Å². The molecule has 1 aromatic carbocycles. The number of sulfonamides is 1. The van der Waals surface area contributed by atoms with E-state index in [9.17, 15) is 13.6 Å². The van der Waals surface area contributed by atoms with Crippen LogP contribution in [0.1, 0.15) is 69.8 Å². The van der Waals surface area contributed by atoms with Crippen LogP contribution in [0.15, 0.2) is 34.3 Å². The molecule has 0 amide bonds. The molecule has 1 aliphatic rings. The van der Waals surface area contributed by atoms with Gasteiger partial charge in [-0.05, 0) is 38.3 Å². The van der Waals surface area contributed by atoms with Gasteiger partial charge in [-0.1, -0.05) is 67.8 Å². The van der Waals surface area contributed by atoms with Gasteiger partial charge in [0.25, 0.3) is 0 Å². The number of hydrogen-bond donors (Lipinski definition) is 1. The predicted molar refractivity (Wildman–Crippen MR) is 105 cm³/mol. The molecule has 0 spiro atoms. The summed E-state index contributed by atoms with van der Waals surface area (Å²) in [5.74, 6) is 0. The molecule has 1 atom stereocenters. The van der Waals surface area contributed by atoms with Crippen LogP contribution < -0.4 is 0 Å². The molecule has 1 fully saturated rings. The van der Waals surface area contributed by atoms with Crippen LogP contribution in [-0.4, -0.2) is 36.7 Å². The molecule has 0 saturated heterocycles. The predicted octanol–water partition coefficient (Wildman–Crippen LogP) is 4.73. The number of nitrogens with zero attached hydrogens (tertiary/aromatic N) is 2. The van der Waals surface area contributed by atoms with Gasteiger partial charge in [-0.3, -0.25) is 0 Å². The molecule has 0 heterocycles. The zero-order valence-corrected chi connectivity index (χ0v) is 16.8. The Balaban J connectivity index is 2.24. The van der Waals surface area contributed by atoms with Gasteiger partial charge >= 0.3 is 0 Å². The van der Waals surface area contributed by atoms with Gasteiger partial charge in [-0.15, -0.1) is 0 Å². The maximum atomic E-state index is 13.1. The first-order valence-electron chi connectivity index (χ1n) is 9.72. The quantitative estimate of drug-likeness (QED) is 0.609. The molecule has 6 heteroatoms. The van der Waals surface area contributed by atoms with Gasteiger partial charge in [0.1, 0.15) is 0 Å². The highest BCUT2D eigenvalue weighted by molar-refractivity contribution is 7.89. The summed E-state index contributed by atoms with van der Waals surface area (Å²) in [5.41, 5.74) is 1.61. The first kappa shape index (κ1) is 20.9. The van der Waals surface area contributed by atoms with Crippen molar-refractivity contribution in [3.05, 3.63) is 29.8 Å². The molecular formula is C20H32N2O3S. The molecule has 2 rings (SSSR count). The Hall–Kier alpha value is -1.40. The number of aryl methyl sites for hydroxylation is 1. The maximum absolute atomic E-state index is 13.1. The van der Waals surface area contributed by atoms with Crippen LogP contribution in [0.5, 0.6) is 0 Å². The van der Waals surface area contributed by atoms with Crippen molar-refractivity contribution < 1.29 is 13.6 Å². The zero-order valence-electron chi connectivity index (χ0n) is 16.0. The molecule has 1 aliphatic carbocycles. The largest absolute Gasteiger partial charge is 0.411 e. The van der Waals surface area contributed by atoms with Gasteiger partial charge in [-0.2, -0.15) is 4.31 Å². The third kappa shape index (κ3) is 5.55. The fourth-order valence-corrected chi connectivity index (χ4v) is 4.96. The lowest BCUT2D eigenvalue weighted by molar-refractivity contribution is 0.305. The number of rotatable bonds is 3. The molecule has 1 aromatic rings. The summed E-state index contributed by atoms with van der Waals surface area (Å²) in [4.78, 5) is 0.286. The Labute approximate surface area is 158 Å². The molecule has 0 bridgehead atoms. The molecule has 1 N–H and O–H groups in total. The van der Waals surface area contributed by atoms with E-state index >= 15 is 0 Å². The van der Waals surface area contributed by atoms with Crippen LogP contribution in [0.4, 0.5) is 0 Å². The summed E-state index contributed by atoms with van der Waals surface area (Å²) in [6.45, 7) is 1.93. The molecule has 0 radical (unpaired) electrons. The van der Waals surface area contributed by atoms with Gasteiger partial charge in [0.15, 0.2) is 0 Å². The summed E-state index contributed by atoms with van der Waals surface area (Å²) in [6.07, 6.45) is 10.3. The molecule has 1 saturated carbocycles. The Morgan fingerprint density at radius 1 is 0.962 bits per heavy atom. The lowest BCUT2D eigenvalue weighted by Gasteiger charge is -2.28. The lowest BCUT2D eigenvalue weighted by Crippen LogP contribution is -2.42. The van der Waals surface area contributed by atoms with E-state index in [1.165, 1.54) is 30.0 Å². The van der Waals surface area contributed by atoms with Crippen molar-refractivity contribution in [3.63, 3.8) is 0 Å². The summed E-state index contributed by atoms with van der Waals surface area (Å²) in [7, 11) is -2.01. The minimum Gasteiger partial charge on any atom is -0.411 e. The van der Waals surface area contributed by atoms with E-state index in [-0.39, 0.29) is 10.9 Å². The van der Waals surface area contributed by atoms with Crippen molar-refractivity contribution in [1.29, 1.82) is 0 Å². The van der Waals surface area contributed by atoms with E-state index in [0.29, 0.717) is 18.6 Å². The average Bonchev–Trinajstić information content (AvgIpc) is 2.62. The van der Waals surface area contributed by atoms with Crippen LogP contribution in [0.2, 0.25) is 0 Å². The van der Waals surface area contributed by atoms with Crippen LogP contribution >= 0.6 is 0 Å². The second-order valence-corrected chi connectivity index (χ2v) is 9.31. The topological polar surface area (TPSA) is 70.0 Å². The maximum Gasteiger partial charge on any atom is 0.243 e.